The molecular formula is C16H14N2OS2. The van der Waals surface area contributed by atoms with Crippen LogP contribution < -0.4 is 10.2 Å². The van der Waals surface area contributed by atoms with Gasteiger partial charge in [0.2, 0.25) is 5.91 Å². The standard InChI is InChI=1S/C16H14N2OS2/c19-15-11-21-14-9-5-4-8-13(14)18(15)16(20)17-10-12-6-2-1-3-7-12/h1-9H,10-11H2,(H,17,20). The molecule has 2 aromatic carbocycles. The van der Waals surface area contributed by atoms with Gasteiger partial charge in [-0.2, -0.15) is 0 Å². The summed E-state index contributed by atoms with van der Waals surface area (Å²) >= 11 is 6.96. The third-order valence-electron chi connectivity index (χ3n) is 3.20. The largest absolute Gasteiger partial charge is 0.358 e. The van der Waals surface area contributed by atoms with Crippen LogP contribution in [0, 0.1) is 0 Å². The Hall–Kier alpha value is -1.85. The molecule has 0 saturated heterocycles. The van der Waals surface area contributed by atoms with Crippen LogP contribution in [0.5, 0.6) is 0 Å². The highest BCUT2D eigenvalue weighted by Gasteiger charge is 2.27. The number of thiocarbonyl (C=S) groups is 1. The van der Waals surface area contributed by atoms with Gasteiger partial charge in [0.15, 0.2) is 5.11 Å². The van der Waals surface area contributed by atoms with Crippen LogP contribution in [0.2, 0.25) is 0 Å². The summed E-state index contributed by atoms with van der Waals surface area (Å²) in [4.78, 5) is 14.9. The lowest BCUT2D eigenvalue weighted by Gasteiger charge is -2.29. The zero-order valence-electron chi connectivity index (χ0n) is 11.3. The van der Waals surface area contributed by atoms with Gasteiger partial charge in [0.25, 0.3) is 0 Å². The quantitative estimate of drug-likeness (QED) is 0.863. The molecule has 2 aromatic rings. The van der Waals surface area contributed by atoms with Gasteiger partial charge < -0.3 is 5.32 Å². The van der Waals surface area contributed by atoms with E-state index < -0.39 is 0 Å². The summed E-state index contributed by atoms with van der Waals surface area (Å²) in [5.74, 6) is 0.439. The van der Waals surface area contributed by atoms with Crippen LogP contribution >= 0.6 is 24.0 Å². The Labute approximate surface area is 133 Å². The Kier molecular flexibility index (Phi) is 4.22. The highest BCUT2D eigenvalue weighted by atomic mass is 32.2. The smallest absolute Gasteiger partial charge is 0.243 e. The number of benzene rings is 2. The van der Waals surface area contributed by atoms with Crippen molar-refractivity contribution in [2.45, 2.75) is 11.4 Å². The van der Waals surface area contributed by atoms with E-state index in [1.54, 1.807) is 16.7 Å². The van der Waals surface area contributed by atoms with Crippen molar-refractivity contribution in [2.24, 2.45) is 0 Å². The van der Waals surface area contributed by atoms with Crippen LogP contribution in [0.15, 0.2) is 59.5 Å². The maximum atomic E-state index is 12.2. The fraction of sp³-hybridized carbons (Fsp3) is 0.125. The molecule has 1 aliphatic heterocycles. The molecule has 0 unspecified atom stereocenters. The molecule has 0 aliphatic carbocycles. The predicted octanol–water partition coefficient (Wildman–Crippen LogP) is 3.20. The lowest BCUT2D eigenvalue weighted by atomic mass is 10.2. The van der Waals surface area contributed by atoms with E-state index in [0.717, 1.165) is 16.1 Å². The van der Waals surface area contributed by atoms with Crippen molar-refractivity contribution in [3.63, 3.8) is 0 Å². The Morgan fingerprint density at radius 3 is 2.67 bits per heavy atom. The van der Waals surface area contributed by atoms with Crippen LogP contribution in [-0.2, 0) is 11.3 Å². The summed E-state index contributed by atoms with van der Waals surface area (Å²) in [5.41, 5.74) is 2.00. The number of hydrogen-bond acceptors (Lipinski definition) is 3. The highest BCUT2D eigenvalue weighted by molar-refractivity contribution is 8.00. The Morgan fingerprint density at radius 1 is 1.14 bits per heavy atom. The third-order valence-corrected chi connectivity index (χ3v) is 4.57. The number of carbonyl (C=O) groups is 1. The van der Waals surface area contributed by atoms with Gasteiger partial charge in [0, 0.05) is 11.4 Å². The minimum atomic E-state index is 0.0178. The van der Waals surface area contributed by atoms with Gasteiger partial charge in [0.05, 0.1) is 11.4 Å². The first kappa shape index (κ1) is 14.1. The zero-order chi connectivity index (χ0) is 14.7. The number of amides is 1. The molecule has 0 atom stereocenters. The summed E-state index contributed by atoms with van der Waals surface area (Å²) < 4.78 is 0. The number of fused-ring (bicyclic) bond motifs is 1. The number of nitrogens with zero attached hydrogens (tertiary/aromatic N) is 1. The van der Waals surface area contributed by atoms with Crippen molar-refractivity contribution in [3.05, 3.63) is 60.2 Å². The predicted molar refractivity (Wildman–Crippen MR) is 90.5 cm³/mol. The normalized spacial score (nSPS) is 13.7. The van der Waals surface area contributed by atoms with E-state index in [9.17, 15) is 4.79 Å². The van der Waals surface area contributed by atoms with Crippen LogP contribution in [0.1, 0.15) is 5.56 Å². The molecule has 1 aliphatic rings. The molecule has 1 amide bonds. The lowest BCUT2D eigenvalue weighted by molar-refractivity contribution is -0.115. The van der Waals surface area contributed by atoms with Crippen LogP contribution in [0.4, 0.5) is 5.69 Å². The van der Waals surface area contributed by atoms with Crippen molar-refractivity contribution in [1.29, 1.82) is 0 Å². The maximum absolute atomic E-state index is 12.2. The molecule has 1 N–H and O–H groups in total. The second-order valence-electron chi connectivity index (χ2n) is 4.63. The second-order valence-corrected chi connectivity index (χ2v) is 6.03. The fourth-order valence-corrected chi connectivity index (χ4v) is 3.34. The van der Waals surface area contributed by atoms with Gasteiger partial charge in [-0.3, -0.25) is 9.69 Å². The molecule has 0 spiro atoms. The molecule has 3 nitrogen and oxygen atoms in total. The van der Waals surface area contributed by atoms with Gasteiger partial charge in [-0.1, -0.05) is 42.5 Å². The van der Waals surface area contributed by atoms with Crippen molar-refractivity contribution < 1.29 is 4.79 Å². The van der Waals surface area contributed by atoms with Crippen molar-refractivity contribution >= 4 is 40.7 Å². The Balaban J connectivity index is 1.76. The highest BCUT2D eigenvalue weighted by Crippen LogP contribution is 2.34. The van der Waals surface area contributed by atoms with E-state index in [4.69, 9.17) is 12.2 Å². The topological polar surface area (TPSA) is 32.3 Å². The first-order valence-electron chi connectivity index (χ1n) is 6.62. The number of para-hydroxylation sites is 1. The van der Waals surface area contributed by atoms with Gasteiger partial charge in [0.1, 0.15) is 0 Å². The Bertz CT molecular complexity index is 673. The number of hydrogen-bond donors (Lipinski definition) is 1. The van der Waals surface area contributed by atoms with Crippen LogP contribution in [0.3, 0.4) is 0 Å². The summed E-state index contributed by atoms with van der Waals surface area (Å²) in [7, 11) is 0. The number of thioether (sulfide) groups is 1. The Morgan fingerprint density at radius 2 is 1.86 bits per heavy atom. The minimum absolute atomic E-state index is 0.0178. The number of rotatable bonds is 2. The molecular weight excluding hydrogens is 300 g/mol. The van der Waals surface area contributed by atoms with Gasteiger partial charge in [-0.05, 0) is 29.9 Å². The molecule has 21 heavy (non-hydrogen) atoms. The average Bonchev–Trinajstić information content (AvgIpc) is 2.53. The first-order chi connectivity index (χ1) is 10.3. The maximum Gasteiger partial charge on any atom is 0.243 e. The fourth-order valence-electron chi connectivity index (χ4n) is 2.18. The molecule has 0 radical (unpaired) electrons. The molecule has 0 bridgehead atoms. The summed E-state index contributed by atoms with van der Waals surface area (Å²) in [6.07, 6.45) is 0. The zero-order valence-corrected chi connectivity index (χ0v) is 12.9. The molecule has 0 fully saturated rings. The summed E-state index contributed by atoms with van der Waals surface area (Å²) in [6.45, 7) is 0.610. The van der Waals surface area contributed by atoms with Crippen LogP contribution in [-0.4, -0.2) is 16.8 Å². The van der Waals surface area contributed by atoms with Gasteiger partial charge in [-0.15, -0.1) is 11.8 Å². The second kappa shape index (κ2) is 6.28. The number of carbonyl (C=O) groups excluding carboxylic acids is 1. The van der Waals surface area contributed by atoms with E-state index >= 15 is 0 Å². The van der Waals surface area contributed by atoms with E-state index in [2.05, 4.69) is 5.32 Å². The third kappa shape index (κ3) is 3.09. The van der Waals surface area contributed by atoms with Crippen molar-refractivity contribution in [3.8, 4) is 0 Å². The van der Waals surface area contributed by atoms with E-state index in [1.165, 1.54) is 0 Å². The van der Waals surface area contributed by atoms with E-state index in [0.29, 0.717) is 17.4 Å². The summed E-state index contributed by atoms with van der Waals surface area (Å²) in [5, 5.41) is 3.62. The minimum Gasteiger partial charge on any atom is -0.358 e. The molecule has 0 saturated carbocycles. The van der Waals surface area contributed by atoms with Gasteiger partial charge >= 0.3 is 0 Å². The van der Waals surface area contributed by atoms with Crippen molar-refractivity contribution in [2.75, 3.05) is 10.7 Å². The molecule has 106 valence electrons. The molecule has 0 aromatic heterocycles. The number of nitrogens with one attached hydrogen (secondary N) is 1. The van der Waals surface area contributed by atoms with Crippen LogP contribution in [0.25, 0.3) is 0 Å². The average molecular weight is 314 g/mol. The number of anilines is 1. The van der Waals surface area contributed by atoms with E-state index in [-0.39, 0.29) is 5.91 Å². The van der Waals surface area contributed by atoms with Gasteiger partial charge in [-0.25, -0.2) is 0 Å². The lowest BCUT2D eigenvalue weighted by Crippen LogP contribution is -2.46. The molecule has 5 heteroatoms. The first-order valence-corrected chi connectivity index (χ1v) is 8.01. The molecule has 3 rings (SSSR count). The van der Waals surface area contributed by atoms with E-state index in [1.807, 2.05) is 54.6 Å². The monoisotopic (exact) mass is 314 g/mol. The summed E-state index contributed by atoms with van der Waals surface area (Å²) in [6, 6.07) is 17.8. The SMILES string of the molecule is O=C1CSc2ccccc2N1C(=S)NCc1ccccc1. The molecule has 1 heterocycles. The van der Waals surface area contributed by atoms with Crippen molar-refractivity contribution in [1.82, 2.24) is 5.32 Å².